The van der Waals surface area contributed by atoms with Gasteiger partial charge in [0.1, 0.15) is 0 Å². The van der Waals surface area contributed by atoms with Gasteiger partial charge in [-0.15, -0.1) is 0 Å². The van der Waals surface area contributed by atoms with E-state index < -0.39 is 0 Å². The van der Waals surface area contributed by atoms with Crippen LogP contribution in [0.1, 0.15) is 26.7 Å². The Bertz CT molecular complexity index is 203. The number of amides is 1. The molecule has 1 amide bonds. The molecule has 1 saturated heterocycles. The molecule has 1 aliphatic rings. The van der Waals surface area contributed by atoms with Gasteiger partial charge in [-0.25, -0.2) is 0 Å². The van der Waals surface area contributed by atoms with Crippen molar-refractivity contribution in [3.63, 3.8) is 0 Å². The molecule has 1 aliphatic heterocycles. The number of hydrogen-bond donors (Lipinski definition) is 2. The number of thioether (sulfide) groups is 1. The zero-order valence-corrected chi connectivity index (χ0v) is 10.5. The Labute approximate surface area is 96.6 Å². The minimum absolute atomic E-state index is 0.0112. The van der Waals surface area contributed by atoms with Crippen molar-refractivity contribution in [1.29, 1.82) is 0 Å². The number of nitrogens with one attached hydrogen (secondary N) is 1. The first-order valence-corrected chi connectivity index (χ1v) is 6.85. The Kier molecular flexibility index (Phi) is 5.47. The summed E-state index contributed by atoms with van der Waals surface area (Å²) in [5, 5.41) is 2.98. The third kappa shape index (κ3) is 4.89. The third-order valence-corrected chi connectivity index (χ3v) is 4.12. The standard InChI is InChI=1S/C11H22N2OS/c1-8(2)10(12)5-11(14)13-6-9-3-4-15-7-9/h8-10H,3-7,12H2,1-2H3,(H,13,14). The van der Waals surface area contributed by atoms with Gasteiger partial charge < -0.3 is 11.1 Å². The van der Waals surface area contributed by atoms with Crippen LogP contribution in [0.4, 0.5) is 0 Å². The first-order valence-electron chi connectivity index (χ1n) is 5.69. The van der Waals surface area contributed by atoms with Crippen molar-refractivity contribution < 1.29 is 4.79 Å². The number of carbonyl (C=O) groups excluding carboxylic acids is 1. The molecule has 2 unspecified atom stereocenters. The number of rotatable bonds is 5. The topological polar surface area (TPSA) is 55.1 Å². The van der Waals surface area contributed by atoms with E-state index in [1.165, 1.54) is 17.9 Å². The van der Waals surface area contributed by atoms with Crippen molar-refractivity contribution in [1.82, 2.24) is 5.32 Å². The molecule has 0 aliphatic carbocycles. The molecule has 0 spiro atoms. The molecule has 3 nitrogen and oxygen atoms in total. The van der Waals surface area contributed by atoms with Gasteiger partial charge in [-0.2, -0.15) is 11.8 Å². The van der Waals surface area contributed by atoms with E-state index in [0.717, 1.165) is 6.54 Å². The summed E-state index contributed by atoms with van der Waals surface area (Å²) in [7, 11) is 0. The number of hydrogen-bond acceptors (Lipinski definition) is 3. The average molecular weight is 230 g/mol. The van der Waals surface area contributed by atoms with E-state index in [0.29, 0.717) is 18.3 Å². The molecule has 0 bridgehead atoms. The van der Waals surface area contributed by atoms with Crippen molar-refractivity contribution >= 4 is 17.7 Å². The highest BCUT2D eigenvalue weighted by molar-refractivity contribution is 7.99. The normalized spacial score (nSPS) is 23.1. The molecular weight excluding hydrogens is 208 g/mol. The van der Waals surface area contributed by atoms with Crippen molar-refractivity contribution in [2.75, 3.05) is 18.1 Å². The Morgan fingerprint density at radius 3 is 2.87 bits per heavy atom. The predicted octanol–water partition coefficient (Wildman–Crippen LogP) is 1.23. The van der Waals surface area contributed by atoms with Crippen LogP contribution in [0, 0.1) is 11.8 Å². The monoisotopic (exact) mass is 230 g/mol. The highest BCUT2D eigenvalue weighted by Gasteiger charge is 2.17. The van der Waals surface area contributed by atoms with Gasteiger partial charge >= 0.3 is 0 Å². The van der Waals surface area contributed by atoms with Crippen LogP contribution in [0.2, 0.25) is 0 Å². The molecule has 0 aromatic heterocycles. The molecule has 1 fully saturated rings. The predicted molar refractivity (Wildman–Crippen MR) is 65.9 cm³/mol. The van der Waals surface area contributed by atoms with Gasteiger partial charge in [0.05, 0.1) is 0 Å². The molecule has 1 heterocycles. The molecule has 0 radical (unpaired) electrons. The molecule has 15 heavy (non-hydrogen) atoms. The van der Waals surface area contributed by atoms with Crippen molar-refractivity contribution in [2.24, 2.45) is 17.6 Å². The van der Waals surface area contributed by atoms with Crippen LogP contribution in [-0.2, 0) is 4.79 Å². The lowest BCUT2D eigenvalue weighted by Gasteiger charge is -2.16. The maximum absolute atomic E-state index is 11.5. The van der Waals surface area contributed by atoms with Crippen LogP contribution in [0.3, 0.4) is 0 Å². The van der Waals surface area contributed by atoms with Gasteiger partial charge in [0, 0.05) is 19.0 Å². The van der Waals surface area contributed by atoms with Crippen LogP contribution in [0.5, 0.6) is 0 Å². The second kappa shape index (κ2) is 6.38. The van der Waals surface area contributed by atoms with Crippen molar-refractivity contribution in [2.45, 2.75) is 32.7 Å². The summed E-state index contributed by atoms with van der Waals surface area (Å²) in [5.41, 5.74) is 5.84. The summed E-state index contributed by atoms with van der Waals surface area (Å²) >= 11 is 1.98. The lowest BCUT2D eigenvalue weighted by atomic mass is 10.0. The fourth-order valence-electron chi connectivity index (χ4n) is 1.52. The Morgan fingerprint density at radius 2 is 2.33 bits per heavy atom. The zero-order chi connectivity index (χ0) is 11.3. The summed E-state index contributed by atoms with van der Waals surface area (Å²) < 4.78 is 0. The number of nitrogens with two attached hydrogens (primary N) is 1. The van der Waals surface area contributed by atoms with Crippen LogP contribution >= 0.6 is 11.8 Å². The van der Waals surface area contributed by atoms with Crippen molar-refractivity contribution in [3.05, 3.63) is 0 Å². The van der Waals surface area contributed by atoms with Gasteiger partial charge in [0.2, 0.25) is 5.91 Å². The molecule has 1 rings (SSSR count). The first-order chi connectivity index (χ1) is 7.09. The largest absolute Gasteiger partial charge is 0.356 e. The van der Waals surface area contributed by atoms with E-state index in [9.17, 15) is 4.79 Å². The first kappa shape index (κ1) is 12.8. The van der Waals surface area contributed by atoms with E-state index in [1.54, 1.807) is 0 Å². The van der Waals surface area contributed by atoms with E-state index >= 15 is 0 Å². The van der Waals surface area contributed by atoms with Crippen molar-refractivity contribution in [3.8, 4) is 0 Å². The van der Waals surface area contributed by atoms with Crippen LogP contribution < -0.4 is 11.1 Å². The summed E-state index contributed by atoms with van der Waals surface area (Å²) in [5.74, 6) is 3.59. The van der Waals surface area contributed by atoms with E-state index in [-0.39, 0.29) is 11.9 Å². The molecular formula is C11H22N2OS. The Morgan fingerprint density at radius 1 is 1.60 bits per heavy atom. The quantitative estimate of drug-likeness (QED) is 0.747. The van der Waals surface area contributed by atoms with Gasteiger partial charge in [0.15, 0.2) is 0 Å². The SMILES string of the molecule is CC(C)C(N)CC(=O)NCC1CCSC1. The zero-order valence-electron chi connectivity index (χ0n) is 9.66. The summed E-state index contributed by atoms with van der Waals surface area (Å²) in [6.07, 6.45) is 1.69. The van der Waals surface area contributed by atoms with Gasteiger partial charge in [0.25, 0.3) is 0 Å². The minimum atomic E-state index is -0.0112. The average Bonchev–Trinajstić information content (AvgIpc) is 2.66. The Balaban J connectivity index is 2.12. The molecule has 0 aromatic rings. The Hall–Kier alpha value is -0.220. The van der Waals surface area contributed by atoms with E-state index in [4.69, 9.17) is 5.73 Å². The number of carbonyl (C=O) groups is 1. The fraction of sp³-hybridized carbons (Fsp3) is 0.909. The van der Waals surface area contributed by atoms with Crippen LogP contribution in [-0.4, -0.2) is 30.0 Å². The highest BCUT2D eigenvalue weighted by Crippen LogP contribution is 2.22. The fourth-order valence-corrected chi connectivity index (χ4v) is 2.81. The molecule has 88 valence electrons. The highest BCUT2D eigenvalue weighted by atomic mass is 32.2. The third-order valence-electron chi connectivity index (χ3n) is 2.89. The second-order valence-electron chi connectivity index (χ2n) is 4.65. The van der Waals surface area contributed by atoms with Crippen LogP contribution in [0.25, 0.3) is 0 Å². The second-order valence-corrected chi connectivity index (χ2v) is 5.80. The smallest absolute Gasteiger partial charge is 0.221 e. The van der Waals surface area contributed by atoms with Gasteiger partial charge in [-0.1, -0.05) is 13.8 Å². The van der Waals surface area contributed by atoms with E-state index in [2.05, 4.69) is 5.32 Å². The summed E-state index contributed by atoms with van der Waals surface area (Å²) in [4.78, 5) is 11.5. The van der Waals surface area contributed by atoms with Gasteiger partial charge in [-0.3, -0.25) is 4.79 Å². The maximum Gasteiger partial charge on any atom is 0.221 e. The van der Waals surface area contributed by atoms with Crippen LogP contribution in [0.15, 0.2) is 0 Å². The maximum atomic E-state index is 11.5. The molecule has 4 heteroatoms. The molecule has 0 aromatic carbocycles. The van der Waals surface area contributed by atoms with E-state index in [1.807, 2.05) is 25.6 Å². The molecule has 0 saturated carbocycles. The summed E-state index contributed by atoms with van der Waals surface area (Å²) in [6.45, 7) is 4.92. The minimum Gasteiger partial charge on any atom is -0.356 e. The lowest BCUT2D eigenvalue weighted by Crippen LogP contribution is -2.36. The summed E-state index contributed by atoms with van der Waals surface area (Å²) in [6, 6.07) is -0.0112. The lowest BCUT2D eigenvalue weighted by molar-refractivity contribution is -0.121. The molecule has 3 N–H and O–H groups in total. The van der Waals surface area contributed by atoms with Gasteiger partial charge in [-0.05, 0) is 29.8 Å². The molecule has 2 atom stereocenters.